The molecule has 7 nitrogen and oxygen atoms in total. The van der Waals surface area contributed by atoms with E-state index in [-0.39, 0.29) is 6.54 Å². The molecule has 11 heteroatoms. The van der Waals surface area contributed by atoms with E-state index >= 15 is 0 Å². The molecule has 0 spiro atoms. The van der Waals surface area contributed by atoms with Crippen LogP contribution in [0.1, 0.15) is 17.4 Å². The van der Waals surface area contributed by atoms with Crippen LogP contribution in [0.5, 0.6) is 0 Å². The zero-order valence-electron chi connectivity index (χ0n) is 12.0. The summed E-state index contributed by atoms with van der Waals surface area (Å²) in [5.41, 5.74) is 6.33. The predicted molar refractivity (Wildman–Crippen MR) is 73.8 cm³/mol. The normalized spacial score (nSPS) is 21.0. The number of amides is 1. The van der Waals surface area contributed by atoms with Crippen LogP contribution in [-0.4, -0.2) is 27.6 Å². The van der Waals surface area contributed by atoms with Gasteiger partial charge >= 0.3 is 6.18 Å². The molecule has 128 valence electrons. The van der Waals surface area contributed by atoms with Crippen LogP contribution in [0, 0.1) is 11.7 Å². The first kappa shape index (κ1) is 16.3. The number of anilines is 1. The summed E-state index contributed by atoms with van der Waals surface area (Å²) in [6.45, 7) is 0.241. The van der Waals surface area contributed by atoms with Gasteiger partial charge in [0.05, 0.1) is 12.0 Å². The van der Waals surface area contributed by atoms with Crippen molar-refractivity contribution in [2.75, 3.05) is 11.9 Å². The maximum Gasteiger partial charge on any atom is 0.451 e. The van der Waals surface area contributed by atoms with Crippen molar-refractivity contribution in [3.8, 4) is 0 Å². The Morgan fingerprint density at radius 1 is 1.25 bits per heavy atom. The van der Waals surface area contributed by atoms with E-state index in [0.717, 1.165) is 0 Å². The van der Waals surface area contributed by atoms with Gasteiger partial charge in [-0.2, -0.15) is 18.2 Å². The molecular weight excluding hydrogens is 332 g/mol. The first-order valence-electron chi connectivity index (χ1n) is 6.89. The fourth-order valence-electron chi connectivity index (χ4n) is 2.37. The van der Waals surface area contributed by atoms with Crippen LogP contribution in [0.15, 0.2) is 24.3 Å². The summed E-state index contributed by atoms with van der Waals surface area (Å²) in [5.74, 6) is -3.36. The molecule has 2 atom stereocenters. The molecule has 1 aliphatic rings. The molecule has 1 amide bonds. The predicted octanol–water partition coefficient (Wildman–Crippen LogP) is 1.37. The Morgan fingerprint density at radius 2 is 1.96 bits per heavy atom. The number of hydrogen-bond acceptors (Lipinski definition) is 5. The molecule has 24 heavy (non-hydrogen) atoms. The van der Waals surface area contributed by atoms with Crippen molar-refractivity contribution in [1.82, 2.24) is 26.0 Å². The minimum Gasteiger partial charge on any atom is -0.293 e. The number of alkyl halides is 3. The highest BCUT2D eigenvalue weighted by Crippen LogP contribution is 2.28. The molecule has 1 aromatic heterocycles. The smallest absolute Gasteiger partial charge is 0.293 e. The fraction of sp³-hybridized carbons (Fsp3) is 0.308. The van der Waals surface area contributed by atoms with Crippen LogP contribution in [0.2, 0.25) is 0 Å². The lowest BCUT2D eigenvalue weighted by molar-refractivity contribution is -0.144. The molecule has 2 unspecified atom stereocenters. The number of carbonyl (C=O) groups excluding carboxylic acids is 1. The Bertz CT molecular complexity index is 729. The number of aromatic nitrogens is 3. The molecule has 1 saturated heterocycles. The maximum atomic E-state index is 13.0. The van der Waals surface area contributed by atoms with Crippen LogP contribution in [0.4, 0.5) is 23.5 Å². The van der Waals surface area contributed by atoms with Gasteiger partial charge in [0, 0.05) is 6.54 Å². The minimum atomic E-state index is -4.68. The van der Waals surface area contributed by atoms with Crippen molar-refractivity contribution in [2.45, 2.75) is 12.2 Å². The summed E-state index contributed by atoms with van der Waals surface area (Å²) in [4.78, 5) is 15.5. The summed E-state index contributed by atoms with van der Waals surface area (Å²) in [6.07, 6.45) is -4.68. The zero-order chi connectivity index (χ0) is 17.3. The molecule has 1 aliphatic heterocycles. The standard InChI is InChI=1S/C13H12F4N6O/c14-7-3-1-6(2-4-7)9-8(5-18-21-9)10(24)19-12-20-11(22-23-12)13(15,16)17/h1-4,8-9,18,21H,5H2,(H2,19,20,22,23,24). The summed E-state index contributed by atoms with van der Waals surface area (Å²) in [7, 11) is 0. The lowest BCUT2D eigenvalue weighted by Gasteiger charge is -2.17. The number of nitrogens with one attached hydrogen (secondary N) is 4. The van der Waals surface area contributed by atoms with E-state index < -0.39 is 41.6 Å². The molecule has 2 aromatic rings. The Kier molecular flexibility index (Phi) is 4.20. The molecule has 3 rings (SSSR count). The van der Waals surface area contributed by atoms with Gasteiger partial charge in [-0.25, -0.2) is 9.82 Å². The number of hydrogen-bond donors (Lipinski definition) is 4. The van der Waals surface area contributed by atoms with Crippen LogP contribution >= 0.6 is 0 Å². The third-order valence-corrected chi connectivity index (χ3v) is 3.54. The molecule has 4 N–H and O–H groups in total. The Labute approximate surface area is 132 Å². The van der Waals surface area contributed by atoms with Gasteiger partial charge in [0.1, 0.15) is 5.82 Å². The van der Waals surface area contributed by atoms with Crippen molar-refractivity contribution in [3.05, 3.63) is 41.5 Å². The lowest BCUT2D eigenvalue weighted by Crippen LogP contribution is -2.30. The molecule has 1 fully saturated rings. The largest absolute Gasteiger partial charge is 0.451 e. The quantitative estimate of drug-likeness (QED) is 0.631. The molecule has 0 bridgehead atoms. The van der Waals surface area contributed by atoms with Gasteiger partial charge in [0.15, 0.2) is 0 Å². The van der Waals surface area contributed by atoms with E-state index in [0.29, 0.717) is 5.56 Å². The van der Waals surface area contributed by atoms with Gasteiger partial charge in [0.25, 0.3) is 0 Å². The van der Waals surface area contributed by atoms with Gasteiger partial charge < -0.3 is 0 Å². The minimum absolute atomic E-state index is 0.241. The highest BCUT2D eigenvalue weighted by Gasteiger charge is 2.37. The van der Waals surface area contributed by atoms with E-state index in [2.05, 4.69) is 26.3 Å². The second-order valence-corrected chi connectivity index (χ2v) is 5.16. The van der Waals surface area contributed by atoms with Crippen LogP contribution in [0.3, 0.4) is 0 Å². The van der Waals surface area contributed by atoms with Gasteiger partial charge in [-0.1, -0.05) is 12.1 Å². The van der Waals surface area contributed by atoms with E-state index in [4.69, 9.17) is 0 Å². The molecular formula is C13H12F4N6O. The SMILES string of the molecule is O=C(Nc1n[nH]c(C(F)(F)F)n1)C1CNNC1c1ccc(F)cc1. The first-order chi connectivity index (χ1) is 11.3. The van der Waals surface area contributed by atoms with Crippen molar-refractivity contribution >= 4 is 11.9 Å². The van der Waals surface area contributed by atoms with Crippen molar-refractivity contribution in [1.29, 1.82) is 0 Å². The average molecular weight is 344 g/mol. The van der Waals surface area contributed by atoms with Crippen LogP contribution in [-0.2, 0) is 11.0 Å². The number of halogens is 4. The average Bonchev–Trinajstić information content (AvgIpc) is 3.16. The lowest BCUT2D eigenvalue weighted by atomic mass is 9.94. The monoisotopic (exact) mass is 344 g/mol. The summed E-state index contributed by atoms with van der Waals surface area (Å²) in [6, 6.07) is 5.10. The number of hydrazine groups is 1. The second kappa shape index (κ2) is 6.17. The second-order valence-electron chi connectivity index (χ2n) is 5.16. The highest BCUT2D eigenvalue weighted by atomic mass is 19.4. The van der Waals surface area contributed by atoms with Crippen molar-refractivity contribution < 1.29 is 22.4 Å². The van der Waals surface area contributed by atoms with Gasteiger partial charge in [-0.05, 0) is 17.7 Å². The van der Waals surface area contributed by atoms with E-state index in [9.17, 15) is 22.4 Å². The fourth-order valence-corrected chi connectivity index (χ4v) is 2.37. The number of H-pyrrole nitrogens is 1. The number of rotatable bonds is 3. The molecule has 1 aromatic carbocycles. The van der Waals surface area contributed by atoms with Gasteiger partial charge in [-0.15, -0.1) is 5.10 Å². The molecule has 2 heterocycles. The highest BCUT2D eigenvalue weighted by molar-refractivity contribution is 5.92. The molecule has 0 saturated carbocycles. The van der Waals surface area contributed by atoms with Crippen molar-refractivity contribution in [2.24, 2.45) is 5.92 Å². The summed E-state index contributed by atoms with van der Waals surface area (Å²) in [5, 5.41) is 7.28. The molecule has 0 radical (unpaired) electrons. The number of carbonyl (C=O) groups is 1. The summed E-state index contributed by atoms with van der Waals surface area (Å²) < 4.78 is 50.4. The third kappa shape index (κ3) is 3.36. The molecule has 0 aliphatic carbocycles. The van der Waals surface area contributed by atoms with Crippen LogP contribution in [0.25, 0.3) is 0 Å². The Hall–Kier alpha value is -2.53. The topological polar surface area (TPSA) is 94.7 Å². The van der Waals surface area contributed by atoms with E-state index in [1.165, 1.54) is 24.3 Å². The van der Waals surface area contributed by atoms with E-state index in [1.54, 1.807) is 5.10 Å². The maximum absolute atomic E-state index is 13.0. The van der Waals surface area contributed by atoms with Gasteiger partial charge in [-0.3, -0.25) is 20.6 Å². The van der Waals surface area contributed by atoms with Gasteiger partial charge in [0.2, 0.25) is 17.7 Å². The number of aromatic amines is 1. The number of benzene rings is 1. The van der Waals surface area contributed by atoms with E-state index in [1.807, 2.05) is 0 Å². The number of nitrogens with zero attached hydrogens (tertiary/aromatic N) is 2. The Morgan fingerprint density at radius 3 is 2.58 bits per heavy atom. The first-order valence-corrected chi connectivity index (χ1v) is 6.89. The Balaban J connectivity index is 1.72. The van der Waals surface area contributed by atoms with Crippen molar-refractivity contribution in [3.63, 3.8) is 0 Å². The zero-order valence-corrected chi connectivity index (χ0v) is 12.0. The van der Waals surface area contributed by atoms with Crippen LogP contribution < -0.4 is 16.2 Å². The third-order valence-electron chi connectivity index (χ3n) is 3.54. The summed E-state index contributed by atoms with van der Waals surface area (Å²) >= 11 is 0.